The number of allylic oxidation sites excluding steroid dienone is 1. The first-order valence-electron chi connectivity index (χ1n) is 14.7. The van der Waals surface area contributed by atoms with Gasteiger partial charge < -0.3 is 39.1 Å². The third-order valence-electron chi connectivity index (χ3n) is 7.65. The quantitative estimate of drug-likeness (QED) is 0.196. The summed E-state index contributed by atoms with van der Waals surface area (Å²) in [4.78, 5) is 21.1. The van der Waals surface area contributed by atoms with Crippen LogP contribution in [0.15, 0.2) is 83.5 Å². The maximum absolute atomic E-state index is 13.3. The van der Waals surface area contributed by atoms with Gasteiger partial charge in [0.25, 0.3) is 5.91 Å². The lowest BCUT2D eigenvalue weighted by Gasteiger charge is -2.30. The van der Waals surface area contributed by atoms with E-state index in [0.717, 1.165) is 20.9 Å². The smallest absolute Gasteiger partial charge is 0.286 e. The van der Waals surface area contributed by atoms with Gasteiger partial charge in [-0.25, -0.2) is 13.4 Å². The predicted molar refractivity (Wildman–Crippen MR) is 166 cm³/mol. The van der Waals surface area contributed by atoms with Gasteiger partial charge in [-0.05, 0) is 60.2 Å². The number of aromatic amines is 1. The van der Waals surface area contributed by atoms with Gasteiger partial charge in [-0.3, -0.25) is 4.79 Å². The molecule has 0 saturated carbocycles. The number of carbonyl (C=O) groups is 1. The van der Waals surface area contributed by atoms with Crippen LogP contribution in [0, 0.1) is 0 Å². The number of ether oxygens (including phenoxy) is 5. The van der Waals surface area contributed by atoms with E-state index in [1.807, 2.05) is 42.5 Å². The van der Waals surface area contributed by atoms with Crippen molar-refractivity contribution in [3.63, 3.8) is 0 Å². The van der Waals surface area contributed by atoms with Gasteiger partial charge in [-0.15, -0.1) is 0 Å². The lowest BCUT2D eigenvalue weighted by Crippen LogP contribution is -2.38. The standard InChI is InChI=1S/C32H34N4O9S/c1-41-23-7-9-24(10-8-23)46(39,40)36(12-14-37)13-15-42-31-18-22(21-6-11-27-28(16-21)44-20-43-27)17-29(45-31)32(38)33-19-30-34-25-4-2-3-5-26(25)35-30/h2-11,16-17,22,31,37H,12-15,18-20H2,1H3,(H,33,38)(H,34,35)/t22-,31+/m1/s1. The number of sulfonamides is 1. The van der Waals surface area contributed by atoms with E-state index in [4.69, 9.17) is 23.7 Å². The number of carbonyl (C=O) groups excluding carboxylic acids is 1. The van der Waals surface area contributed by atoms with E-state index in [9.17, 15) is 18.3 Å². The maximum Gasteiger partial charge on any atom is 0.286 e. The highest BCUT2D eigenvalue weighted by Crippen LogP contribution is 2.38. The summed E-state index contributed by atoms with van der Waals surface area (Å²) in [7, 11) is -2.44. The third-order valence-corrected chi connectivity index (χ3v) is 9.56. The second-order valence-electron chi connectivity index (χ2n) is 10.6. The van der Waals surface area contributed by atoms with Crippen LogP contribution in [0.4, 0.5) is 0 Å². The van der Waals surface area contributed by atoms with E-state index >= 15 is 0 Å². The Hall–Kier alpha value is -4.63. The normalized spacial score (nSPS) is 17.5. The Morgan fingerprint density at radius 3 is 2.67 bits per heavy atom. The number of imidazole rings is 1. The van der Waals surface area contributed by atoms with Gasteiger partial charge in [-0.2, -0.15) is 4.31 Å². The number of nitrogens with zero attached hydrogens (tertiary/aromatic N) is 2. The minimum atomic E-state index is -3.93. The Labute approximate surface area is 265 Å². The average molecular weight is 651 g/mol. The number of methoxy groups -OCH3 is 1. The molecule has 14 heteroatoms. The van der Waals surface area contributed by atoms with Crippen molar-refractivity contribution in [2.45, 2.75) is 30.1 Å². The number of fused-ring (bicyclic) bond motifs is 2. The zero-order valence-electron chi connectivity index (χ0n) is 25.0. The van der Waals surface area contributed by atoms with Crippen molar-refractivity contribution in [2.75, 3.05) is 40.2 Å². The highest BCUT2D eigenvalue weighted by molar-refractivity contribution is 7.89. The van der Waals surface area contributed by atoms with Crippen molar-refractivity contribution in [2.24, 2.45) is 0 Å². The van der Waals surface area contributed by atoms with Crippen LogP contribution >= 0.6 is 0 Å². The molecule has 6 rings (SSSR count). The fourth-order valence-electron chi connectivity index (χ4n) is 5.28. The number of aliphatic hydroxyl groups is 1. The van der Waals surface area contributed by atoms with Gasteiger partial charge in [-0.1, -0.05) is 18.2 Å². The summed E-state index contributed by atoms with van der Waals surface area (Å²) in [6.45, 7) is -0.331. The molecule has 4 aromatic rings. The molecule has 0 aliphatic carbocycles. The molecule has 242 valence electrons. The van der Waals surface area contributed by atoms with Crippen LogP contribution in [-0.4, -0.2) is 80.2 Å². The van der Waals surface area contributed by atoms with Crippen LogP contribution in [0.3, 0.4) is 0 Å². The number of hydrogen-bond donors (Lipinski definition) is 3. The Balaban J connectivity index is 1.15. The molecule has 0 unspecified atom stereocenters. The van der Waals surface area contributed by atoms with E-state index in [1.165, 1.54) is 19.2 Å². The summed E-state index contributed by atoms with van der Waals surface area (Å²) in [6, 6.07) is 19.1. The van der Waals surface area contributed by atoms with Crippen LogP contribution in [0.25, 0.3) is 11.0 Å². The van der Waals surface area contributed by atoms with Crippen molar-refractivity contribution in [3.8, 4) is 17.2 Å². The lowest BCUT2D eigenvalue weighted by atomic mass is 9.92. The highest BCUT2D eigenvalue weighted by atomic mass is 32.2. The molecule has 46 heavy (non-hydrogen) atoms. The zero-order chi connectivity index (χ0) is 32.1. The second kappa shape index (κ2) is 13.8. The SMILES string of the molecule is COc1ccc(S(=O)(=O)N(CCO)CCO[C@@H]2C[C@H](c3ccc4c(c3)OCO4)C=C(C(=O)NCc3nc4ccccc4[nH]3)O2)cc1. The number of benzene rings is 3. The number of para-hydroxylation sites is 2. The number of hydrogen-bond acceptors (Lipinski definition) is 10. The fourth-order valence-corrected chi connectivity index (χ4v) is 6.70. The van der Waals surface area contributed by atoms with Crippen LogP contribution in [0.5, 0.6) is 17.2 Å². The summed E-state index contributed by atoms with van der Waals surface area (Å²) in [5.74, 6) is 1.68. The Bertz CT molecular complexity index is 1790. The average Bonchev–Trinajstić information content (AvgIpc) is 3.73. The molecule has 1 amide bonds. The van der Waals surface area contributed by atoms with Crippen molar-refractivity contribution in [3.05, 3.63) is 90.0 Å². The number of H-pyrrole nitrogens is 1. The minimum absolute atomic E-state index is 0.0538. The largest absolute Gasteiger partial charge is 0.497 e. The Morgan fingerprint density at radius 2 is 1.89 bits per heavy atom. The maximum atomic E-state index is 13.3. The van der Waals surface area contributed by atoms with Gasteiger partial charge in [0.1, 0.15) is 11.6 Å². The van der Waals surface area contributed by atoms with Crippen molar-refractivity contribution in [1.29, 1.82) is 0 Å². The zero-order valence-corrected chi connectivity index (χ0v) is 25.9. The first kappa shape index (κ1) is 31.4. The van der Waals surface area contributed by atoms with Crippen molar-refractivity contribution < 1.29 is 42.0 Å². The third kappa shape index (κ3) is 6.94. The summed E-state index contributed by atoms with van der Waals surface area (Å²) < 4.78 is 55.9. The molecule has 0 saturated heterocycles. The molecule has 1 aromatic heterocycles. The first-order valence-corrected chi connectivity index (χ1v) is 16.1. The van der Waals surface area contributed by atoms with Gasteiger partial charge in [0.2, 0.25) is 23.1 Å². The molecule has 3 N–H and O–H groups in total. The fraction of sp³-hybridized carbons (Fsp3) is 0.312. The van der Waals surface area contributed by atoms with Crippen molar-refractivity contribution >= 4 is 27.0 Å². The molecule has 2 aliphatic rings. The highest BCUT2D eigenvalue weighted by Gasteiger charge is 2.31. The molecule has 2 atom stereocenters. The molecular weight excluding hydrogens is 616 g/mol. The van der Waals surface area contributed by atoms with Crippen molar-refractivity contribution in [1.82, 2.24) is 19.6 Å². The second-order valence-corrected chi connectivity index (χ2v) is 12.5. The first-order chi connectivity index (χ1) is 22.3. The number of aromatic nitrogens is 2. The predicted octanol–water partition coefficient (Wildman–Crippen LogP) is 3.03. The molecule has 3 aromatic carbocycles. The van der Waals surface area contributed by atoms with Crippen LogP contribution in [0.1, 0.15) is 23.7 Å². The van der Waals surface area contributed by atoms with Gasteiger partial charge in [0.05, 0.1) is 42.8 Å². The topological polar surface area (TPSA) is 162 Å². The van der Waals surface area contributed by atoms with Crippen LogP contribution < -0.4 is 19.5 Å². The molecular formula is C32H34N4O9S. The van der Waals surface area contributed by atoms with Crippen LogP contribution in [0.2, 0.25) is 0 Å². The molecule has 13 nitrogen and oxygen atoms in total. The van der Waals surface area contributed by atoms with E-state index in [-0.39, 0.29) is 56.2 Å². The summed E-state index contributed by atoms with van der Waals surface area (Å²) in [5, 5.41) is 12.5. The number of aliphatic hydroxyl groups excluding tert-OH is 1. The monoisotopic (exact) mass is 650 g/mol. The Morgan fingerprint density at radius 1 is 1.09 bits per heavy atom. The number of amides is 1. The van der Waals surface area contributed by atoms with Gasteiger partial charge in [0.15, 0.2) is 17.3 Å². The summed E-state index contributed by atoms with van der Waals surface area (Å²) in [6.07, 6.45) is 1.22. The molecule has 0 spiro atoms. The van der Waals surface area contributed by atoms with E-state index in [2.05, 4.69) is 15.3 Å². The molecule has 0 radical (unpaired) electrons. The molecule has 0 fully saturated rings. The summed E-state index contributed by atoms with van der Waals surface area (Å²) >= 11 is 0. The summed E-state index contributed by atoms with van der Waals surface area (Å²) in [5.41, 5.74) is 2.52. The number of rotatable bonds is 13. The van der Waals surface area contributed by atoms with E-state index in [0.29, 0.717) is 29.5 Å². The van der Waals surface area contributed by atoms with Gasteiger partial charge in [0, 0.05) is 25.4 Å². The molecule has 3 heterocycles. The lowest BCUT2D eigenvalue weighted by molar-refractivity contribution is -0.146. The Kier molecular flexibility index (Phi) is 9.40. The van der Waals surface area contributed by atoms with Gasteiger partial charge >= 0.3 is 0 Å². The van der Waals surface area contributed by atoms with Crippen LogP contribution in [-0.2, 0) is 30.8 Å². The van der Waals surface area contributed by atoms with E-state index in [1.54, 1.807) is 18.2 Å². The molecule has 2 aliphatic heterocycles. The van der Waals surface area contributed by atoms with E-state index < -0.39 is 22.2 Å². The minimum Gasteiger partial charge on any atom is -0.497 e. The molecule has 0 bridgehead atoms. The number of nitrogens with one attached hydrogen (secondary N) is 2.